The molecule has 0 aliphatic carbocycles. The van der Waals surface area contributed by atoms with Gasteiger partial charge in [-0.25, -0.2) is 4.79 Å². The maximum absolute atomic E-state index is 12.7. The first kappa shape index (κ1) is 18.9. The van der Waals surface area contributed by atoms with Crippen LogP contribution in [0, 0.1) is 0 Å². The number of rotatable bonds is 5. The van der Waals surface area contributed by atoms with Crippen LogP contribution in [0.5, 0.6) is 0 Å². The molecule has 0 radical (unpaired) electrons. The van der Waals surface area contributed by atoms with E-state index in [0.717, 1.165) is 60.8 Å². The summed E-state index contributed by atoms with van der Waals surface area (Å²) in [5.41, 5.74) is 5.43. The zero-order valence-electron chi connectivity index (χ0n) is 16.6. The number of amides is 2. The molecular weight excluding hydrogens is 384 g/mol. The Hall–Kier alpha value is -3.10. The second kappa shape index (κ2) is 7.97. The fourth-order valence-corrected chi connectivity index (χ4v) is 4.10. The van der Waals surface area contributed by atoms with Crippen LogP contribution in [0.15, 0.2) is 30.6 Å². The van der Waals surface area contributed by atoms with Gasteiger partial charge in [0.15, 0.2) is 0 Å². The summed E-state index contributed by atoms with van der Waals surface area (Å²) in [6, 6.07) is 5.82. The second-order valence-corrected chi connectivity index (χ2v) is 7.75. The average Bonchev–Trinajstić information content (AvgIpc) is 3.44. The van der Waals surface area contributed by atoms with E-state index in [-0.39, 0.29) is 12.0 Å². The third kappa shape index (κ3) is 3.71. The molecule has 3 aliphatic heterocycles. The number of benzene rings is 1. The van der Waals surface area contributed by atoms with Crippen LogP contribution < -0.4 is 5.32 Å². The summed E-state index contributed by atoms with van der Waals surface area (Å²) in [7, 11) is 0. The lowest BCUT2D eigenvalue weighted by Gasteiger charge is -2.26. The number of aromatic nitrogens is 1. The van der Waals surface area contributed by atoms with Crippen molar-refractivity contribution >= 4 is 29.3 Å². The molecule has 0 unspecified atom stereocenters. The highest BCUT2D eigenvalue weighted by atomic mass is 16.6. The summed E-state index contributed by atoms with van der Waals surface area (Å²) in [5, 5.41) is 2.94. The van der Waals surface area contributed by atoms with Gasteiger partial charge >= 0.3 is 6.09 Å². The Morgan fingerprint density at radius 1 is 1.03 bits per heavy atom. The summed E-state index contributed by atoms with van der Waals surface area (Å²) in [6.07, 6.45) is 5.57. The first-order valence-electron chi connectivity index (χ1n) is 10.2. The van der Waals surface area contributed by atoms with Crippen LogP contribution >= 0.6 is 0 Å². The quantitative estimate of drug-likeness (QED) is 0.742. The highest BCUT2D eigenvalue weighted by Gasteiger charge is 2.27. The van der Waals surface area contributed by atoms with Gasteiger partial charge in [0.2, 0.25) is 0 Å². The third-order valence-corrected chi connectivity index (χ3v) is 5.75. The lowest BCUT2D eigenvalue weighted by atomic mass is 10.0. The molecule has 30 heavy (non-hydrogen) atoms. The normalized spacial score (nSPS) is 20.5. The van der Waals surface area contributed by atoms with Crippen LogP contribution in [0.2, 0.25) is 0 Å². The van der Waals surface area contributed by atoms with E-state index in [4.69, 9.17) is 9.47 Å². The molecule has 1 aromatic heterocycles. The number of morpholine rings is 1. The molecule has 0 spiro atoms. The van der Waals surface area contributed by atoms with E-state index in [1.165, 1.54) is 0 Å². The van der Waals surface area contributed by atoms with E-state index < -0.39 is 0 Å². The Morgan fingerprint density at radius 3 is 2.70 bits per heavy atom. The predicted octanol–water partition coefficient (Wildman–Crippen LogP) is 2.29. The lowest BCUT2D eigenvalue weighted by Crippen LogP contribution is -2.35. The molecule has 0 saturated carbocycles. The fraction of sp³-hybridized carbons (Fsp3) is 0.364. The maximum atomic E-state index is 12.7. The predicted molar refractivity (Wildman–Crippen MR) is 112 cm³/mol. The van der Waals surface area contributed by atoms with E-state index in [1.54, 1.807) is 4.90 Å². The number of hydrogen-bond acceptors (Lipinski definition) is 5. The molecule has 156 valence electrons. The summed E-state index contributed by atoms with van der Waals surface area (Å²) in [6.45, 7) is 5.63. The van der Waals surface area contributed by atoms with Crippen molar-refractivity contribution in [2.24, 2.45) is 0 Å². The molecule has 4 heterocycles. The molecular formula is C22H24N4O4. The molecule has 2 fully saturated rings. The van der Waals surface area contributed by atoms with Crippen LogP contribution in [0.3, 0.4) is 0 Å². The number of carbonyl (C=O) groups excluding carboxylic acids is 2. The molecule has 5 rings (SSSR count). The smallest absolute Gasteiger partial charge is 0.410 e. The highest BCUT2D eigenvalue weighted by molar-refractivity contribution is 6.35. The Labute approximate surface area is 174 Å². The van der Waals surface area contributed by atoms with Crippen LogP contribution in [0.4, 0.5) is 10.5 Å². The van der Waals surface area contributed by atoms with Gasteiger partial charge in [0.25, 0.3) is 5.91 Å². The minimum atomic E-state index is -0.291. The van der Waals surface area contributed by atoms with Crippen molar-refractivity contribution < 1.29 is 19.1 Å². The van der Waals surface area contributed by atoms with Crippen LogP contribution in [0.1, 0.15) is 22.3 Å². The number of ether oxygens (including phenoxy) is 2. The van der Waals surface area contributed by atoms with E-state index in [9.17, 15) is 9.59 Å². The average molecular weight is 408 g/mol. The molecule has 2 N–H and O–H groups in total. The molecule has 8 nitrogen and oxygen atoms in total. The van der Waals surface area contributed by atoms with Crippen molar-refractivity contribution in [3.63, 3.8) is 0 Å². The van der Waals surface area contributed by atoms with Gasteiger partial charge in [-0.05, 0) is 34.9 Å². The summed E-state index contributed by atoms with van der Waals surface area (Å²) >= 11 is 0. The molecule has 0 bridgehead atoms. The number of H-pyrrole nitrogens is 1. The number of nitrogens with one attached hydrogen (secondary N) is 2. The number of hydrogen-bond donors (Lipinski definition) is 2. The van der Waals surface area contributed by atoms with Crippen LogP contribution in [-0.4, -0.2) is 66.2 Å². The van der Waals surface area contributed by atoms with Crippen molar-refractivity contribution in [2.75, 3.05) is 44.8 Å². The van der Waals surface area contributed by atoms with E-state index in [0.29, 0.717) is 25.3 Å². The number of cyclic esters (lactones) is 1. The van der Waals surface area contributed by atoms with Gasteiger partial charge in [-0.2, -0.15) is 0 Å². The van der Waals surface area contributed by atoms with Crippen molar-refractivity contribution in [3.05, 3.63) is 52.8 Å². The van der Waals surface area contributed by atoms with Gasteiger partial charge in [0, 0.05) is 55.4 Å². The summed E-state index contributed by atoms with van der Waals surface area (Å²) in [4.78, 5) is 31.6. The zero-order valence-corrected chi connectivity index (χ0v) is 16.6. The molecule has 0 atom stereocenters. The molecule has 8 heteroatoms. The number of fused-ring (bicyclic) bond motifs is 1. The fourth-order valence-electron chi connectivity index (χ4n) is 4.10. The minimum Gasteiger partial charge on any atom is -0.448 e. The first-order valence-corrected chi connectivity index (χ1v) is 10.2. The Balaban J connectivity index is 1.40. The van der Waals surface area contributed by atoms with Crippen molar-refractivity contribution in [2.45, 2.75) is 13.1 Å². The highest BCUT2D eigenvalue weighted by Crippen LogP contribution is 2.34. The van der Waals surface area contributed by atoms with Crippen molar-refractivity contribution in [1.82, 2.24) is 14.8 Å². The van der Waals surface area contributed by atoms with Gasteiger partial charge in [-0.1, -0.05) is 6.07 Å². The van der Waals surface area contributed by atoms with Gasteiger partial charge in [0.05, 0.1) is 19.8 Å². The standard InChI is InChI=1S/C22H24N4O4/c27-21-19(10-16-11-23-12-17(16)14-25-3-6-29-7-4-25)18-9-15(1-2-20(18)24-21)13-26-5-8-30-22(26)28/h1-2,9-12,23H,3-8,13-14H2,(H,24,27)/b19-10-. The first-order chi connectivity index (χ1) is 14.7. The second-order valence-electron chi connectivity index (χ2n) is 7.75. The summed E-state index contributed by atoms with van der Waals surface area (Å²) in [5.74, 6) is -0.110. The van der Waals surface area contributed by atoms with Crippen LogP contribution in [-0.2, 0) is 27.4 Å². The van der Waals surface area contributed by atoms with E-state index >= 15 is 0 Å². The molecule has 2 amide bonds. The summed E-state index contributed by atoms with van der Waals surface area (Å²) < 4.78 is 10.4. The largest absolute Gasteiger partial charge is 0.448 e. The Bertz CT molecular complexity index is 1010. The monoisotopic (exact) mass is 408 g/mol. The molecule has 2 saturated heterocycles. The minimum absolute atomic E-state index is 0.110. The van der Waals surface area contributed by atoms with E-state index in [1.807, 2.05) is 36.7 Å². The van der Waals surface area contributed by atoms with E-state index in [2.05, 4.69) is 15.2 Å². The maximum Gasteiger partial charge on any atom is 0.410 e. The number of anilines is 1. The van der Waals surface area contributed by atoms with Gasteiger partial charge in [0.1, 0.15) is 6.61 Å². The molecule has 2 aromatic rings. The Morgan fingerprint density at radius 2 is 1.90 bits per heavy atom. The van der Waals surface area contributed by atoms with Gasteiger partial charge in [-0.15, -0.1) is 0 Å². The van der Waals surface area contributed by atoms with Gasteiger partial charge < -0.3 is 24.7 Å². The van der Waals surface area contributed by atoms with Crippen molar-refractivity contribution in [3.8, 4) is 0 Å². The van der Waals surface area contributed by atoms with Crippen molar-refractivity contribution in [1.29, 1.82) is 0 Å². The molecule has 3 aliphatic rings. The Kier molecular flexibility index (Phi) is 5.02. The number of carbonyl (C=O) groups is 2. The molecule has 1 aromatic carbocycles. The van der Waals surface area contributed by atoms with Crippen LogP contribution in [0.25, 0.3) is 11.6 Å². The third-order valence-electron chi connectivity index (χ3n) is 5.75. The topological polar surface area (TPSA) is 86.9 Å². The number of aromatic amines is 1. The number of nitrogens with zero attached hydrogens (tertiary/aromatic N) is 2. The lowest BCUT2D eigenvalue weighted by molar-refractivity contribution is -0.110. The van der Waals surface area contributed by atoms with Gasteiger partial charge in [-0.3, -0.25) is 9.69 Å². The SMILES string of the molecule is O=C1Nc2ccc(CN3CCOC3=O)cc2/C1=C/c1c[nH]cc1CN1CCOCC1. The zero-order chi connectivity index (χ0) is 20.5.